The molecule has 0 aliphatic carbocycles. The summed E-state index contributed by atoms with van der Waals surface area (Å²) in [7, 11) is -3.61. The fraction of sp³-hybridized carbons (Fsp3) is 0.240. The van der Waals surface area contributed by atoms with Gasteiger partial charge in [0.15, 0.2) is 9.84 Å². The van der Waals surface area contributed by atoms with Gasteiger partial charge in [-0.05, 0) is 35.2 Å². The number of likely N-dealkylation sites (tertiary alicyclic amines) is 1. The average molecular weight is 433 g/mol. The van der Waals surface area contributed by atoms with Crippen LogP contribution in [0.3, 0.4) is 0 Å². The molecule has 0 atom stereocenters. The van der Waals surface area contributed by atoms with Gasteiger partial charge in [-0.2, -0.15) is 0 Å². The van der Waals surface area contributed by atoms with E-state index in [0.29, 0.717) is 5.39 Å². The number of sulfone groups is 1. The summed E-state index contributed by atoms with van der Waals surface area (Å²) in [6, 6.07) is 21.0. The summed E-state index contributed by atoms with van der Waals surface area (Å²) in [5, 5.41) is 2.63. The van der Waals surface area contributed by atoms with E-state index in [-0.39, 0.29) is 23.1 Å². The van der Waals surface area contributed by atoms with Gasteiger partial charge in [0.2, 0.25) is 5.91 Å². The molecule has 0 N–H and O–H groups in total. The number of amides is 1. The number of fused-ring (bicyclic) bond motifs is 2. The van der Waals surface area contributed by atoms with Gasteiger partial charge in [0.05, 0.1) is 10.6 Å². The van der Waals surface area contributed by atoms with Gasteiger partial charge < -0.3 is 9.47 Å². The maximum absolute atomic E-state index is 13.5. The van der Waals surface area contributed by atoms with E-state index in [2.05, 4.69) is 0 Å². The summed E-state index contributed by atoms with van der Waals surface area (Å²) in [5.41, 5.74) is 1.55. The molecule has 5 nitrogen and oxygen atoms in total. The van der Waals surface area contributed by atoms with Crippen LogP contribution in [0.5, 0.6) is 0 Å². The Morgan fingerprint density at radius 1 is 0.839 bits per heavy atom. The molecule has 0 unspecified atom stereocenters. The van der Waals surface area contributed by atoms with Crippen molar-refractivity contribution in [2.45, 2.75) is 30.0 Å². The first kappa shape index (κ1) is 19.8. The summed E-state index contributed by atoms with van der Waals surface area (Å²) < 4.78 is 28.8. The number of rotatable bonds is 5. The first-order chi connectivity index (χ1) is 15.0. The molecule has 1 aliphatic heterocycles. The Kier molecular flexibility index (Phi) is 5.02. The molecule has 1 fully saturated rings. The van der Waals surface area contributed by atoms with E-state index in [1.807, 2.05) is 71.6 Å². The Bertz CT molecular complexity index is 1380. The van der Waals surface area contributed by atoms with Crippen molar-refractivity contribution >= 4 is 37.4 Å². The fourth-order valence-corrected chi connectivity index (χ4v) is 6.12. The van der Waals surface area contributed by atoms with E-state index in [1.54, 1.807) is 10.8 Å². The lowest BCUT2D eigenvalue weighted by Gasteiger charge is -2.15. The molecule has 5 rings (SSSR count). The van der Waals surface area contributed by atoms with E-state index >= 15 is 0 Å². The number of para-hydroxylation sites is 1. The lowest BCUT2D eigenvalue weighted by molar-refractivity contribution is -0.130. The highest BCUT2D eigenvalue weighted by molar-refractivity contribution is 7.91. The van der Waals surface area contributed by atoms with Crippen molar-refractivity contribution in [3.8, 4) is 0 Å². The highest BCUT2D eigenvalue weighted by Gasteiger charge is 2.24. The minimum Gasteiger partial charge on any atom is -0.341 e. The lowest BCUT2D eigenvalue weighted by Crippen LogP contribution is -2.30. The quantitative estimate of drug-likeness (QED) is 0.470. The third-order valence-electron chi connectivity index (χ3n) is 6.08. The van der Waals surface area contributed by atoms with Crippen LogP contribution >= 0.6 is 0 Å². The zero-order chi connectivity index (χ0) is 21.4. The average Bonchev–Trinajstić information content (AvgIpc) is 3.43. The van der Waals surface area contributed by atoms with Gasteiger partial charge in [-0.25, -0.2) is 8.42 Å². The lowest BCUT2D eigenvalue weighted by atomic mass is 10.1. The maximum atomic E-state index is 13.5. The maximum Gasteiger partial charge on any atom is 0.242 e. The third kappa shape index (κ3) is 3.72. The second-order valence-electron chi connectivity index (χ2n) is 8.12. The number of hydrogen-bond acceptors (Lipinski definition) is 3. The summed E-state index contributed by atoms with van der Waals surface area (Å²) >= 11 is 0. The van der Waals surface area contributed by atoms with Crippen LogP contribution in [0, 0.1) is 0 Å². The molecule has 0 spiro atoms. The van der Waals surface area contributed by atoms with E-state index in [4.69, 9.17) is 0 Å². The van der Waals surface area contributed by atoms with Gasteiger partial charge >= 0.3 is 0 Å². The normalized spacial score (nSPS) is 14.5. The Morgan fingerprint density at radius 2 is 1.52 bits per heavy atom. The second kappa shape index (κ2) is 7.85. The van der Waals surface area contributed by atoms with E-state index in [0.717, 1.165) is 47.8 Å². The van der Waals surface area contributed by atoms with Crippen molar-refractivity contribution in [2.75, 3.05) is 13.1 Å². The Balaban J connectivity index is 1.53. The SMILES string of the molecule is O=C(Cn1cc(S(=O)(=O)Cc2cccc3ccccc23)c2ccccc21)N1CCCC1. The van der Waals surface area contributed by atoms with E-state index in [9.17, 15) is 13.2 Å². The Hall–Kier alpha value is -3.12. The molecule has 0 saturated carbocycles. The smallest absolute Gasteiger partial charge is 0.242 e. The van der Waals surface area contributed by atoms with Crippen molar-refractivity contribution in [2.24, 2.45) is 0 Å². The van der Waals surface area contributed by atoms with Gasteiger partial charge in [0.1, 0.15) is 6.54 Å². The Labute approximate surface area is 181 Å². The standard InChI is InChI=1S/C25H24N2O3S/c28-25(26-14-5-6-15-26)17-27-16-24(22-12-3-4-13-23(22)27)31(29,30)18-20-10-7-9-19-8-1-2-11-21(19)20/h1-4,7-13,16H,5-6,14-15,17-18H2. The second-order valence-corrected chi connectivity index (χ2v) is 10.1. The molecule has 0 radical (unpaired) electrons. The summed E-state index contributed by atoms with van der Waals surface area (Å²) in [4.78, 5) is 14.9. The van der Waals surface area contributed by atoms with Crippen molar-refractivity contribution in [1.82, 2.24) is 9.47 Å². The molecular weight excluding hydrogens is 408 g/mol. The number of aromatic nitrogens is 1. The van der Waals surface area contributed by atoms with Crippen molar-refractivity contribution < 1.29 is 13.2 Å². The summed E-state index contributed by atoms with van der Waals surface area (Å²) in [5.74, 6) is -0.0427. The Morgan fingerprint density at radius 3 is 2.32 bits per heavy atom. The predicted molar refractivity (Wildman–Crippen MR) is 123 cm³/mol. The van der Waals surface area contributed by atoms with E-state index in [1.165, 1.54) is 0 Å². The van der Waals surface area contributed by atoms with Crippen LogP contribution in [-0.2, 0) is 26.9 Å². The monoisotopic (exact) mass is 432 g/mol. The van der Waals surface area contributed by atoms with Crippen LogP contribution in [0.1, 0.15) is 18.4 Å². The van der Waals surface area contributed by atoms with Crippen molar-refractivity contribution in [1.29, 1.82) is 0 Å². The van der Waals surface area contributed by atoms with Crippen molar-refractivity contribution in [3.63, 3.8) is 0 Å². The minimum atomic E-state index is -3.61. The first-order valence-corrected chi connectivity index (χ1v) is 12.2. The minimum absolute atomic E-state index is 0.0382. The van der Waals surface area contributed by atoms with Gasteiger partial charge in [-0.1, -0.05) is 60.7 Å². The molecule has 158 valence electrons. The highest BCUT2D eigenvalue weighted by Crippen LogP contribution is 2.30. The van der Waals surface area contributed by atoms with Crippen LogP contribution in [0.2, 0.25) is 0 Å². The molecule has 31 heavy (non-hydrogen) atoms. The molecule has 6 heteroatoms. The van der Waals surface area contributed by atoms with Crippen LogP contribution in [-0.4, -0.2) is 36.9 Å². The topological polar surface area (TPSA) is 59.4 Å². The van der Waals surface area contributed by atoms with Gasteiger partial charge in [-0.3, -0.25) is 4.79 Å². The largest absolute Gasteiger partial charge is 0.341 e. The summed E-state index contributed by atoms with van der Waals surface area (Å²) in [6.45, 7) is 1.72. The zero-order valence-corrected chi connectivity index (χ0v) is 18.0. The number of carbonyl (C=O) groups excluding carboxylic acids is 1. The third-order valence-corrected chi connectivity index (χ3v) is 7.76. The number of nitrogens with zero attached hydrogens (tertiary/aromatic N) is 2. The van der Waals surface area contributed by atoms with Crippen LogP contribution in [0.15, 0.2) is 77.8 Å². The molecule has 3 aromatic carbocycles. The van der Waals surface area contributed by atoms with Gasteiger partial charge in [0.25, 0.3) is 0 Å². The first-order valence-electron chi connectivity index (χ1n) is 10.6. The predicted octanol–water partition coefficient (Wildman–Crippen LogP) is 4.39. The van der Waals surface area contributed by atoms with Gasteiger partial charge in [-0.15, -0.1) is 0 Å². The molecule has 0 bridgehead atoms. The summed E-state index contributed by atoms with van der Waals surface area (Å²) in [6.07, 6.45) is 3.70. The highest BCUT2D eigenvalue weighted by atomic mass is 32.2. The molecule has 1 amide bonds. The number of carbonyl (C=O) groups is 1. The van der Waals surface area contributed by atoms with Crippen LogP contribution in [0.25, 0.3) is 21.7 Å². The molecule has 1 aromatic heterocycles. The fourth-order valence-electron chi connectivity index (χ4n) is 4.50. The molecular formula is C25H24N2O3S. The molecule has 1 aliphatic rings. The zero-order valence-electron chi connectivity index (χ0n) is 17.2. The number of benzene rings is 3. The van der Waals surface area contributed by atoms with E-state index < -0.39 is 9.84 Å². The molecule has 4 aromatic rings. The molecule has 1 saturated heterocycles. The molecule has 2 heterocycles. The van der Waals surface area contributed by atoms with Gasteiger partial charge in [0, 0.05) is 30.2 Å². The number of hydrogen-bond donors (Lipinski definition) is 0. The van der Waals surface area contributed by atoms with Crippen LogP contribution < -0.4 is 0 Å². The van der Waals surface area contributed by atoms with Crippen molar-refractivity contribution in [3.05, 3.63) is 78.5 Å². The van der Waals surface area contributed by atoms with Crippen LogP contribution in [0.4, 0.5) is 0 Å².